The van der Waals surface area contributed by atoms with Gasteiger partial charge in [-0.15, -0.1) is 21.5 Å². The van der Waals surface area contributed by atoms with Gasteiger partial charge in [-0.05, 0) is 44.7 Å². The summed E-state index contributed by atoms with van der Waals surface area (Å²) in [6.45, 7) is 7.71. The molecular formula is C19H26N4O2S. The Morgan fingerprint density at radius 1 is 1.27 bits per heavy atom. The molecule has 6 nitrogen and oxygen atoms in total. The predicted molar refractivity (Wildman–Crippen MR) is 102 cm³/mol. The first kappa shape index (κ1) is 16.7. The molecule has 5 rings (SSSR count). The van der Waals surface area contributed by atoms with Crippen LogP contribution in [0.25, 0.3) is 10.7 Å². The molecule has 0 aromatic carbocycles. The van der Waals surface area contributed by atoms with Crippen molar-refractivity contribution in [2.45, 2.75) is 45.3 Å². The monoisotopic (exact) mass is 374 g/mol. The number of nitrogens with zero attached hydrogens (tertiary/aromatic N) is 4. The Balaban J connectivity index is 1.47. The number of thiophene rings is 1. The van der Waals surface area contributed by atoms with Gasteiger partial charge in [0.2, 0.25) is 5.95 Å². The molecule has 0 radical (unpaired) electrons. The highest BCUT2D eigenvalue weighted by Gasteiger charge is 2.43. The largest absolute Gasteiger partial charge is 0.381 e. The summed E-state index contributed by atoms with van der Waals surface area (Å²) in [5.74, 6) is 1.99. The van der Waals surface area contributed by atoms with Crippen LogP contribution in [-0.2, 0) is 16.0 Å². The van der Waals surface area contributed by atoms with E-state index in [9.17, 15) is 0 Å². The molecule has 5 heterocycles. The van der Waals surface area contributed by atoms with Crippen molar-refractivity contribution in [3.63, 3.8) is 0 Å². The summed E-state index contributed by atoms with van der Waals surface area (Å²) >= 11 is 1.78. The number of rotatable bonds is 4. The zero-order valence-electron chi connectivity index (χ0n) is 15.3. The molecule has 2 aromatic rings. The first-order chi connectivity index (χ1) is 12.7. The maximum absolute atomic E-state index is 5.92. The molecule has 3 fully saturated rings. The SMILES string of the molecule is Cc1ccc(-c2nnc(N3CCC4(CCOC4)C3)n2CC2CCCO2)s1. The van der Waals surface area contributed by atoms with Crippen LogP contribution in [0.15, 0.2) is 12.1 Å². The van der Waals surface area contributed by atoms with Crippen molar-refractivity contribution in [3.8, 4) is 10.7 Å². The standard InChI is InChI=1S/C19H26N4O2S/c1-14-4-5-16(26-14)17-20-21-18(23(17)11-15-3-2-9-25-15)22-8-6-19(12-22)7-10-24-13-19/h4-5,15H,2-3,6-13H2,1H3. The van der Waals surface area contributed by atoms with E-state index < -0.39 is 0 Å². The fourth-order valence-electron chi connectivity index (χ4n) is 4.50. The molecule has 3 aliphatic heterocycles. The molecule has 140 valence electrons. The van der Waals surface area contributed by atoms with Crippen LogP contribution in [0.5, 0.6) is 0 Å². The summed E-state index contributed by atoms with van der Waals surface area (Å²) in [6.07, 6.45) is 4.90. The van der Waals surface area contributed by atoms with Gasteiger partial charge >= 0.3 is 0 Å². The van der Waals surface area contributed by atoms with Crippen LogP contribution in [0, 0.1) is 12.3 Å². The molecule has 0 aliphatic carbocycles. The fourth-order valence-corrected chi connectivity index (χ4v) is 5.36. The van der Waals surface area contributed by atoms with Gasteiger partial charge in [0.25, 0.3) is 0 Å². The van der Waals surface area contributed by atoms with E-state index in [0.717, 1.165) is 64.1 Å². The predicted octanol–water partition coefficient (Wildman–Crippen LogP) is 3.11. The van der Waals surface area contributed by atoms with Crippen LogP contribution < -0.4 is 4.90 Å². The molecule has 0 N–H and O–H groups in total. The second-order valence-corrected chi connectivity index (χ2v) is 9.24. The van der Waals surface area contributed by atoms with Crippen molar-refractivity contribution >= 4 is 17.3 Å². The van der Waals surface area contributed by atoms with Crippen LogP contribution in [0.2, 0.25) is 0 Å². The number of aromatic nitrogens is 3. The van der Waals surface area contributed by atoms with Crippen LogP contribution in [0.3, 0.4) is 0 Å². The van der Waals surface area contributed by atoms with E-state index >= 15 is 0 Å². The highest BCUT2D eigenvalue weighted by molar-refractivity contribution is 7.15. The van der Waals surface area contributed by atoms with E-state index in [0.29, 0.717) is 5.41 Å². The molecule has 3 saturated heterocycles. The first-order valence-electron chi connectivity index (χ1n) is 9.67. The molecule has 0 amide bonds. The molecular weight excluding hydrogens is 348 g/mol. The molecule has 1 spiro atoms. The van der Waals surface area contributed by atoms with Crippen molar-refractivity contribution in [2.75, 3.05) is 37.8 Å². The number of ether oxygens (including phenoxy) is 2. The maximum atomic E-state index is 5.92. The number of aryl methyl sites for hydroxylation is 1. The smallest absolute Gasteiger partial charge is 0.227 e. The lowest BCUT2D eigenvalue weighted by Crippen LogP contribution is -2.30. The van der Waals surface area contributed by atoms with Crippen molar-refractivity contribution in [1.29, 1.82) is 0 Å². The van der Waals surface area contributed by atoms with Crippen molar-refractivity contribution in [2.24, 2.45) is 5.41 Å². The maximum Gasteiger partial charge on any atom is 0.227 e. The van der Waals surface area contributed by atoms with Gasteiger partial charge in [-0.3, -0.25) is 4.57 Å². The third-order valence-electron chi connectivity index (χ3n) is 6.01. The van der Waals surface area contributed by atoms with Crippen LogP contribution in [-0.4, -0.2) is 53.8 Å². The summed E-state index contributed by atoms with van der Waals surface area (Å²) in [4.78, 5) is 4.91. The Hall–Kier alpha value is -1.44. The number of hydrogen-bond donors (Lipinski definition) is 0. The zero-order chi connectivity index (χ0) is 17.6. The molecule has 26 heavy (non-hydrogen) atoms. The molecule has 0 saturated carbocycles. The van der Waals surface area contributed by atoms with Gasteiger partial charge in [-0.25, -0.2) is 0 Å². The van der Waals surface area contributed by atoms with Gasteiger partial charge in [-0.2, -0.15) is 0 Å². The van der Waals surface area contributed by atoms with Gasteiger partial charge < -0.3 is 14.4 Å². The average molecular weight is 375 g/mol. The number of anilines is 1. The Morgan fingerprint density at radius 2 is 2.23 bits per heavy atom. The molecule has 2 atom stereocenters. The van der Waals surface area contributed by atoms with E-state index in [2.05, 4.69) is 38.7 Å². The van der Waals surface area contributed by atoms with Gasteiger partial charge in [0.15, 0.2) is 5.82 Å². The second kappa shape index (κ2) is 6.62. The van der Waals surface area contributed by atoms with E-state index in [4.69, 9.17) is 9.47 Å². The third kappa shape index (κ3) is 2.96. The van der Waals surface area contributed by atoms with E-state index in [1.165, 1.54) is 22.6 Å². The summed E-state index contributed by atoms with van der Waals surface area (Å²) in [5.41, 5.74) is 0.320. The van der Waals surface area contributed by atoms with Crippen LogP contribution in [0.4, 0.5) is 5.95 Å². The summed E-state index contributed by atoms with van der Waals surface area (Å²) in [6, 6.07) is 4.32. The lowest BCUT2D eigenvalue weighted by atomic mass is 9.87. The number of hydrogen-bond acceptors (Lipinski definition) is 6. The molecule has 0 bridgehead atoms. The minimum Gasteiger partial charge on any atom is -0.381 e. The van der Waals surface area contributed by atoms with Crippen LogP contribution >= 0.6 is 11.3 Å². The Kier molecular flexibility index (Phi) is 4.26. The Bertz CT molecular complexity index is 774. The van der Waals surface area contributed by atoms with Crippen molar-refractivity contribution < 1.29 is 9.47 Å². The lowest BCUT2D eigenvalue weighted by Gasteiger charge is -2.24. The zero-order valence-corrected chi connectivity index (χ0v) is 16.1. The van der Waals surface area contributed by atoms with Gasteiger partial charge in [0.1, 0.15) is 0 Å². The highest BCUT2D eigenvalue weighted by Crippen LogP contribution is 2.40. The van der Waals surface area contributed by atoms with Crippen molar-refractivity contribution in [1.82, 2.24) is 14.8 Å². The fraction of sp³-hybridized carbons (Fsp3) is 0.684. The van der Waals surface area contributed by atoms with Gasteiger partial charge in [-0.1, -0.05) is 0 Å². The molecule has 2 aromatic heterocycles. The average Bonchev–Trinajstić information content (AvgIpc) is 3.43. The first-order valence-corrected chi connectivity index (χ1v) is 10.5. The molecule has 7 heteroatoms. The lowest BCUT2D eigenvalue weighted by molar-refractivity contribution is 0.0975. The summed E-state index contributed by atoms with van der Waals surface area (Å²) in [5, 5.41) is 9.23. The minimum atomic E-state index is 0.274. The Labute approximate surface area is 158 Å². The summed E-state index contributed by atoms with van der Waals surface area (Å²) in [7, 11) is 0. The third-order valence-corrected chi connectivity index (χ3v) is 7.00. The van der Waals surface area contributed by atoms with E-state index in [-0.39, 0.29) is 6.10 Å². The summed E-state index contributed by atoms with van der Waals surface area (Å²) < 4.78 is 13.9. The second-order valence-electron chi connectivity index (χ2n) is 7.95. The Morgan fingerprint density at radius 3 is 2.96 bits per heavy atom. The highest BCUT2D eigenvalue weighted by atomic mass is 32.1. The van der Waals surface area contributed by atoms with E-state index in [1.807, 2.05) is 0 Å². The molecule has 3 aliphatic rings. The normalized spacial score (nSPS) is 28.7. The van der Waals surface area contributed by atoms with Crippen LogP contribution in [0.1, 0.15) is 30.6 Å². The van der Waals surface area contributed by atoms with Gasteiger partial charge in [0.05, 0.1) is 24.1 Å². The molecule has 2 unspecified atom stereocenters. The van der Waals surface area contributed by atoms with Crippen molar-refractivity contribution in [3.05, 3.63) is 17.0 Å². The quantitative estimate of drug-likeness (QED) is 0.823. The topological polar surface area (TPSA) is 52.4 Å². The van der Waals surface area contributed by atoms with E-state index in [1.54, 1.807) is 11.3 Å². The van der Waals surface area contributed by atoms with Gasteiger partial charge in [0, 0.05) is 36.6 Å². The minimum absolute atomic E-state index is 0.274.